The third-order valence-electron chi connectivity index (χ3n) is 3.52. The summed E-state index contributed by atoms with van der Waals surface area (Å²) < 4.78 is 0. The van der Waals surface area contributed by atoms with E-state index in [9.17, 15) is 15.2 Å². The number of hydrogen-bond acceptors (Lipinski definition) is 6. The van der Waals surface area contributed by atoms with Crippen LogP contribution in [0.5, 0.6) is 0 Å². The molecule has 0 radical (unpaired) electrons. The van der Waals surface area contributed by atoms with Gasteiger partial charge in [0, 0.05) is 37.1 Å². The van der Waals surface area contributed by atoms with Crippen molar-refractivity contribution >= 4 is 22.0 Å². The number of anilines is 1. The van der Waals surface area contributed by atoms with Gasteiger partial charge in [-0.3, -0.25) is 15.0 Å². The first-order valence-corrected chi connectivity index (χ1v) is 7.78. The molecule has 0 aliphatic carbocycles. The van der Waals surface area contributed by atoms with Crippen molar-refractivity contribution in [2.24, 2.45) is 0 Å². The van der Waals surface area contributed by atoms with Crippen LogP contribution in [0, 0.1) is 10.1 Å². The van der Waals surface area contributed by atoms with Gasteiger partial charge >= 0.3 is 5.69 Å². The van der Waals surface area contributed by atoms with Gasteiger partial charge in [-0.1, -0.05) is 6.92 Å². The molecular weight excluding hydrogens is 278 g/mol. The molecule has 1 fully saturated rings. The van der Waals surface area contributed by atoms with Crippen LogP contribution in [-0.2, 0) is 0 Å². The summed E-state index contributed by atoms with van der Waals surface area (Å²) in [6, 6.07) is 1.50. The first-order valence-electron chi connectivity index (χ1n) is 6.96. The summed E-state index contributed by atoms with van der Waals surface area (Å²) in [5, 5.41) is 21.5. The van der Waals surface area contributed by atoms with Gasteiger partial charge in [0.1, 0.15) is 0 Å². The highest BCUT2D eigenvalue weighted by Crippen LogP contribution is 2.40. The topological polar surface area (TPSA) is 69.8 Å². The minimum absolute atomic E-state index is 0.120. The average molecular weight is 299 g/mol. The van der Waals surface area contributed by atoms with Crippen molar-refractivity contribution < 1.29 is 10.0 Å². The quantitative estimate of drug-likeness (QED) is 0.667. The second-order valence-corrected chi connectivity index (χ2v) is 6.16. The lowest BCUT2D eigenvalue weighted by molar-refractivity contribution is -0.383. The van der Waals surface area contributed by atoms with E-state index in [0.717, 1.165) is 39.1 Å². The molecule has 1 N–H and O–H groups in total. The van der Waals surface area contributed by atoms with Crippen molar-refractivity contribution in [2.75, 3.05) is 37.6 Å². The van der Waals surface area contributed by atoms with E-state index in [1.165, 1.54) is 17.4 Å². The average Bonchev–Trinajstić information content (AvgIpc) is 2.85. The van der Waals surface area contributed by atoms with Crippen molar-refractivity contribution in [1.82, 2.24) is 4.90 Å². The lowest BCUT2D eigenvalue weighted by Crippen LogP contribution is -2.46. The van der Waals surface area contributed by atoms with Crippen molar-refractivity contribution in [3.63, 3.8) is 0 Å². The van der Waals surface area contributed by atoms with E-state index in [1.54, 1.807) is 6.92 Å². The first-order chi connectivity index (χ1) is 9.52. The largest absolute Gasteiger partial charge is 0.388 e. The predicted molar refractivity (Wildman–Crippen MR) is 80.6 cm³/mol. The lowest BCUT2D eigenvalue weighted by atomic mass is 10.3. The first kappa shape index (κ1) is 15.2. The highest BCUT2D eigenvalue weighted by Gasteiger charge is 2.27. The summed E-state index contributed by atoms with van der Waals surface area (Å²) in [4.78, 5) is 15.9. The fourth-order valence-electron chi connectivity index (χ4n) is 2.44. The standard InChI is InChI=1S/C13H21N3O3S/c1-3-4-14-5-7-15(8-6-14)13-11(16(18)19)9-12(20-13)10(2)17/h9-10,17H,3-8H2,1-2H3/t10-/m0/s1. The maximum Gasteiger partial charge on any atom is 0.304 e. The Labute approximate surface area is 122 Å². The summed E-state index contributed by atoms with van der Waals surface area (Å²) in [7, 11) is 0. The second kappa shape index (κ2) is 6.51. The molecule has 0 aromatic carbocycles. The van der Waals surface area contributed by atoms with Crippen LogP contribution in [0.2, 0.25) is 0 Å². The molecule has 2 rings (SSSR count). The van der Waals surface area contributed by atoms with Crippen molar-refractivity contribution in [3.8, 4) is 0 Å². The zero-order valence-corrected chi connectivity index (χ0v) is 12.7. The van der Waals surface area contributed by atoms with E-state index in [-0.39, 0.29) is 10.6 Å². The fraction of sp³-hybridized carbons (Fsp3) is 0.692. The van der Waals surface area contributed by atoms with Gasteiger partial charge in [0.05, 0.1) is 11.0 Å². The zero-order chi connectivity index (χ0) is 14.7. The second-order valence-electron chi connectivity index (χ2n) is 5.10. The van der Waals surface area contributed by atoms with E-state index < -0.39 is 6.10 Å². The Kier molecular flexibility index (Phi) is 4.95. The van der Waals surface area contributed by atoms with Crippen LogP contribution < -0.4 is 4.90 Å². The third-order valence-corrected chi connectivity index (χ3v) is 4.88. The van der Waals surface area contributed by atoms with Gasteiger partial charge < -0.3 is 10.0 Å². The molecule has 7 heteroatoms. The summed E-state index contributed by atoms with van der Waals surface area (Å²) in [5.74, 6) is 0. The van der Waals surface area contributed by atoms with E-state index in [0.29, 0.717) is 9.88 Å². The van der Waals surface area contributed by atoms with Crippen molar-refractivity contribution in [2.45, 2.75) is 26.4 Å². The van der Waals surface area contributed by atoms with E-state index in [4.69, 9.17) is 0 Å². The van der Waals surface area contributed by atoms with Gasteiger partial charge in [0.2, 0.25) is 0 Å². The highest BCUT2D eigenvalue weighted by molar-refractivity contribution is 7.16. The molecule has 1 saturated heterocycles. The van der Waals surface area contributed by atoms with Gasteiger partial charge in [0.25, 0.3) is 0 Å². The number of aliphatic hydroxyl groups is 1. The predicted octanol–water partition coefficient (Wildman–Crippen LogP) is 2.24. The van der Waals surface area contributed by atoms with E-state index in [1.807, 2.05) is 0 Å². The Bertz CT molecular complexity index is 467. The molecule has 1 aliphatic rings. The zero-order valence-electron chi connectivity index (χ0n) is 11.9. The summed E-state index contributed by atoms with van der Waals surface area (Å²) >= 11 is 1.33. The van der Waals surface area contributed by atoms with Gasteiger partial charge in [-0.2, -0.15) is 0 Å². The molecule has 0 amide bonds. The molecule has 0 bridgehead atoms. The number of hydrogen-bond donors (Lipinski definition) is 1. The maximum absolute atomic E-state index is 11.2. The Balaban J connectivity index is 2.14. The van der Waals surface area contributed by atoms with Crippen LogP contribution in [0.15, 0.2) is 6.07 Å². The van der Waals surface area contributed by atoms with Crippen LogP contribution in [0.4, 0.5) is 10.7 Å². The molecule has 20 heavy (non-hydrogen) atoms. The van der Waals surface area contributed by atoms with Gasteiger partial charge in [-0.05, 0) is 19.9 Å². The van der Waals surface area contributed by atoms with Crippen molar-refractivity contribution in [3.05, 3.63) is 21.1 Å². The third kappa shape index (κ3) is 3.28. The molecule has 1 aromatic rings. The number of piperazine rings is 1. The summed E-state index contributed by atoms with van der Waals surface area (Å²) in [6.07, 6.45) is 0.472. The summed E-state index contributed by atoms with van der Waals surface area (Å²) in [6.45, 7) is 8.37. The fourth-order valence-corrected chi connectivity index (χ4v) is 3.56. The molecule has 0 unspecified atom stereocenters. The number of nitrogens with zero attached hydrogens (tertiary/aromatic N) is 3. The Hall–Kier alpha value is -1.18. The number of rotatable bonds is 5. The lowest BCUT2D eigenvalue weighted by Gasteiger charge is -2.34. The molecule has 1 aliphatic heterocycles. The molecule has 1 atom stereocenters. The van der Waals surface area contributed by atoms with Crippen molar-refractivity contribution in [1.29, 1.82) is 0 Å². The molecule has 112 valence electrons. The number of thiophene rings is 1. The van der Waals surface area contributed by atoms with Crippen LogP contribution in [0.1, 0.15) is 31.2 Å². The van der Waals surface area contributed by atoms with Crippen LogP contribution in [0.3, 0.4) is 0 Å². The van der Waals surface area contributed by atoms with Gasteiger partial charge in [-0.15, -0.1) is 11.3 Å². The Morgan fingerprint density at radius 1 is 1.45 bits per heavy atom. The molecule has 0 saturated carbocycles. The Morgan fingerprint density at radius 3 is 2.60 bits per heavy atom. The Morgan fingerprint density at radius 2 is 2.10 bits per heavy atom. The molecule has 2 heterocycles. The minimum atomic E-state index is -0.658. The van der Waals surface area contributed by atoms with E-state index in [2.05, 4.69) is 16.7 Å². The monoisotopic (exact) mass is 299 g/mol. The maximum atomic E-state index is 11.2. The summed E-state index contributed by atoms with van der Waals surface area (Å²) in [5.41, 5.74) is 0.120. The van der Waals surface area contributed by atoms with E-state index >= 15 is 0 Å². The molecule has 1 aromatic heterocycles. The van der Waals surface area contributed by atoms with Gasteiger partial charge in [0.15, 0.2) is 5.00 Å². The van der Waals surface area contributed by atoms with Crippen LogP contribution in [0.25, 0.3) is 0 Å². The normalized spacial score (nSPS) is 18.2. The number of nitro groups is 1. The highest BCUT2D eigenvalue weighted by atomic mass is 32.1. The van der Waals surface area contributed by atoms with Crippen LogP contribution >= 0.6 is 11.3 Å². The minimum Gasteiger partial charge on any atom is -0.388 e. The smallest absolute Gasteiger partial charge is 0.304 e. The number of aliphatic hydroxyl groups excluding tert-OH is 1. The molecule has 6 nitrogen and oxygen atoms in total. The van der Waals surface area contributed by atoms with Gasteiger partial charge in [-0.25, -0.2) is 0 Å². The SMILES string of the molecule is CCCN1CCN(c2sc([C@H](C)O)cc2[N+](=O)[O-])CC1. The van der Waals surface area contributed by atoms with Crippen LogP contribution in [-0.4, -0.2) is 47.7 Å². The molecular formula is C13H21N3O3S. The molecule has 0 spiro atoms.